The van der Waals surface area contributed by atoms with E-state index in [-0.39, 0.29) is 12.5 Å². The number of aromatic nitrogens is 1. The summed E-state index contributed by atoms with van der Waals surface area (Å²) in [4.78, 5) is 16.7. The molecule has 20 heavy (non-hydrogen) atoms. The van der Waals surface area contributed by atoms with Crippen LogP contribution in [0.2, 0.25) is 0 Å². The molecule has 1 amide bonds. The van der Waals surface area contributed by atoms with Gasteiger partial charge in [-0.2, -0.15) is 0 Å². The van der Waals surface area contributed by atoms with Crippen LogP contribution in [0.3, 0.4) is 0 Å². The molecule has 2 rings (SSSR count). The van der Waals surface area contributed by atoms with Gasteiger partial charge in [-0.05, 0) is 37.6 Å². The van der Waals surface area contributed by atoms with Gasteiger partial charge in [-0.25, -0.2) is 4.98 Å². The average molecular weight is 286 g/mol. The van der Waals surface area contributed by atoms with Crippen LogP contribution in [0.4, 0.5) is 5.69 Å². The number of nitrogens with zero attached hydrogens (tertiary/aromatic N) is 1. The molecule has 102 valence electrons. The normalized spacial score (nSPS) is 9.75. The standard InChI is InChI=1S/C15H14N2O2S/c1-10-8-13(6-5-12(10)4-3-7-18)17-15(19)14-11(2)16-9-20-14/h5-6,8-9,18H,7H2,1-2H3,(H,17,19). The Hall–Kier alpha value is -2.16. The monoisotopic (exact) mass is 286 g/mol. The zero-order valence-electron chi connectivity index (χ0n) is 11.2. The number of carbonyl (C=O) groups is 1. The molecule has 0 aliphatic heterocycles. The maximum absolute atomic E-state index is 12.1. The molecule has 0 fully saturated rings. The fraction of sp³-hybridized carbons (Fsp3) is 0.200. The largest absolute Gasteiger partial charge is 0.384 e. The number of aliphatic hydroxyl groups is 1. The number of rotatable bonds is 2. The second kappa shape index (κ2) is 6.33. The van der Waals surface area contributed by atoms with Gasteiger partial charge in [0, 0.05) is 11.3 Å². The van der Waals surface area contributed by atoms with Gasteiger partial charge in [0.25, 0.3) is 5.91 Å². The molecule has 2 N–H and O–H groups in total. The molecule has 4 nitrogen and oxygen atoms in total. The van der Waals surface area contributed by atoms with Gasteiger partial charge in [-0.15, -0.1) is 11.3 Å². The van der Waals surface area contributed by atoms with E-state index in [2.05, 4.69) is 22.1 Å². The van der Waals surface area contributed by atoms with Crippen LogP contribution >= 0.6 is 11.3 Å². The highest BCUT2D eigenvalue weighted by Gasteiger charge is 2.12. The summed E-state index contributed by atoms with van der Waals surface area (Å²) < 4.78 is 0. The number of amides is 1. The zero-order valence-corrected chi connectivity index (χ0v) is 12.0. The second-order valence-corrected chi connectivity index (χ2v) is 5.07. The summed E-state index contributed by atoms with van der Waals surface area (Å²) in [5, 5.41) is 11.5. The van der Waals surface area contributed by atoms with Crippen molar-refractivity contribution in [2.24, 2.45) is 0 Å². The summed E-state index contributed by atoms with van der Waals surface area (Å²) in [5.74, 6) is 5.31. The first-order valence-electron chi connectivity index (χ1n) is 6.03. The summed E-state index contributed by atoms with van der Waals surface area (Å²) in [6.07, 6.45) is 0. The van der Waals surface area contributed by atoms with Crippen LogP contribution in [0.1, 0.15) is 26.5 Å². The molecule has 5 heteroatoms. The molecule has 0 aliphatic rings. The Labute approximate surface area is 121 Å². The van der Waals surface area contributed by atoms with Gasteiger partial charge in [-0.3, -0.25) is 4.79 Å². The SMILES string of the molecule is Cc1cc(NC(=O)c2scnc2C)ccc1C#CCO. The predicted molar refractivity (Wildman–Crippen MR) is 79.9 cm³/mol. The molecule has 1 aromatic heterocycles. The Kier molecular flexibility index (Phi) is 4.51. The Balaban J connectivity index is 2.17. The number of carbonyl (C=O) groups excluding carboxylic acids is 1. The van der Waals surface area contributed by atoms with E-state index in [1.165, 1.54) is 11.3 Å². The highest BCUT2D eigenvalue weighted by molar-refractivity contribution is 7.12. The summed E-state index contributed by atoms with van der Waals surface area (Å²) in [5.41, 5.74) is 4.89. The van der Waals surface area contributed by atoms with Crippen LogP contribution in [0.5, 0.6) is 0 Å². The molecule has 0 unspecified atom stereocenters. The third kappa shape index (κ3) is 3.23. The maximum atomic E-state index is 12.1. The van der Waals surface area contributed by atoms with Gasteiger partial charge in [0.1, 0.15) is 11.5 Å². The van der Waals surface area contributed by atoms with E-state index in [9.17, 15) is 4.79 Å². The third-order valence-electron chi connectivity index (χ3n) is 2.74. The van der Waals surface area contributed by atoms with Crippen LogP contribution in [0.15, 0.2) is 23.7 Å². The molecule has 0 radical (unpaired) electrons. The lowest BCUT2D eigenvalue weighted by molar-refractivity contribution is 0.103. The average Bonchev–Trinajstić information content (AvgIpc) is 2.84. The molecule has 1 aromatic carbocycles. The van der Waals surface area contributed by atoms with Crippen molar-refractivity contribution >= 4 is 22.9 Å². The minimum Gasteiger partial charge on any atom is -0.384 e. The minimum atomic E-state index is -0.164. The van der Waals surface area contributed by atoms with Gasteiger partial charge in [0.2, 0.25) is 0 Å². The summed E-state index contributed by atoms with van der Waals surface area (Å²) >= 11 is 1.32. The Morgan fingerprint density at radius 2 is 2.25 bits per heavy atom. The fourth-order valence-electron chi connectivity index (χ4n) is 1.72. The smallest absolute Gasteiger partial charge is 0.267 e. The number of nitrogens with one attached hydrogen (secondary N) is 1. The molecule has 1 heterocycles. The molecule has 0 atom stereocenters. The quantitative estimate of drug-likeness (QED) is 0.833. The number of hydrogen-bond acceptors (Lipinski definition) is 4. The maximum Gasteiger partial charge on any atom is 0.267 e. The van der Waals surface area contributed by atoms with Crippen molar-refractivity contribution in [1.29, 1.82) is 0 Å². The van der Waals surface area contributed by atoms with E-state index in [1.807, 2.05) is 26.0 Å². The first-order valence-corrected chi connectivity index (χ1v) is 6.91. The summed E-state index contributed by atoms with van der Waals surface area (Å²) in [7, 11) is 0. The molecular formula is C15H14N2O2S. The molecule has 2 aromatic rings. The summed E-state index contributed by atoms with van der Waals surface area (Å²) in [6.45, 7) is 3.56. The van der Waals surface area contributed by atoms with Gasteiger partial charge < -0.3 is 10.4 Å². The van der Waals surface area contributed by atoms with Gasteiger partial charge in [0.15, 0.2) is 0 Å². The number of anilines is 1. The molecule has 0 saturated heterocycles. The second-order valence-electron chi connectivity index (χ2n) is 4.21. The lowest BCUT2D eigenvalue weighted by atomic mass is 10.1. The Bertz CT molecular complexity index is 695. The van der Waals surface area contributed by atoms with Crippen molar-refractivity contribution in [3.63, 3.8) is 0 Å². The van der Waals surface area contributed by atoms with Crippen molar-refractivity contribution in [1.82, 2.24) is 4.98 Å². The molecule has 0 saturated carbocycles. The first-order chi connectivity index (χ1) is 9.61. The van der Waals surface area contributed by atoms with Crippen molar-refractivity contribution in [2.75, 3.05) is 11.9 Å². The van der Waals surface area contributed by atoms with E-state index in [0.717, 1.165) is 22.5 Å². The number of hydrogen-bond donors (Lipinski definition) is 2. The number of benzene rings is 1. The first kappa shape index (κ1) is 14.3. The van der Waals surface area contributed by atoms with Crippen LogP contribution in [0, 0.1) is 25.7 Å². The lowest BCUT2D eigenvalue weighted by Crippen LogP contribution is -2.11. The minimum absolute atomic E-state index is 0.154. The Morgan fingerprint density at radius 3 is 2.85 bits per heavy atom. The topological polar surface area (TPSA) is 62.2 Å². The van der Waals surface area contributed by atoms with E-state index < -0.39 is 0 Å². The predicted octanol–water partition coefficient (Wildman–Crippen LogP) is 2.36. The van der Waals surface area contributed by atoms with Crippen molar-refractivity contribution in [3.8, 4) is 11.8 Å². The highest BCUT2D eigenvalue weighted by atomic mass is 32.1. The van der Waals surface area contributed by atoms with Crippen molar-refractivity contribution in [3.05, 3.63) is 45.4 Å². The molecule has 0 aliphatic carbocycles. The van der Waals surface area contributed by atoms with E-state index in [4.69, 9.17) is 5.11 Å². The number of aliphatic hydroxyl groups excluding tert-OH is 1. The van der Waals surface area contributed by atoms with E-state index in [1.54, 1.807) is 11.6 Å². The van der Waals surface area contributed by atoms with Crippen LogP contribution in [-0.4, -0.2) is 22.6 Å². The van der Waals surface area contributed by atoms with E-state index >= 15 is 0 Å². The third-order valence-corrected chi connectivity index (χ3v) is 3.67. The van der Waals surface area contributed by atoms with Crippen molar-refractivity contribution < 1.29 is 9.90 Å². The van der Waals surface area contributed by atoms with Gasteiger partial charge in [0.05, 0.1) is 11.2 Å². The van der Waals surface area contributed by atoms with Crippen molar-refractivity contribution in [2.45, 2.75) is 13.8 Å². The zero-order chi connectivity index (χ0) is 14.5. The van der Waals surface area contributed by atoms with Crippen LogP contribution < -0.4 is 5.32 Å². The van der Waals surface area contributed by atoms with E-state index in [0.29, 0.717) is 4.88 Å². The molecule has 0 bridgehead atoms. The lowest BCUT2D eigenvalue weighted by Gasteiger charge is -2.06. The van der Waals surface area contributed by atoms with Gasteiger partial charge in [-0.1, -0.05) is 11.8 Å². The van der Waals surface area contributed by atoms with Crippen LogP contribution in [0.25, 0.3) is 0 Å². The molecule has 0 spiro atoms. The van der Waals surface area contributed by atoms with Crippen LogP contribution in [-0.2, 0) is 0 Å². The molecular weight excluding hydrogens is 272 g/mol. The number of thiazole rings is 1. The van der Waals surface area contributed by atoms with Gasteiger partial charge >= 0.3 is 0 Å². The fourth-order valence-corrected chi connectivity index (χ4v) is 2.42. The Morgan fingerprint density at radius 1 is 1.45 bits per heavy atom. The highest BCUT2D eigenvalue weighted by Crippen LogP contribution is 2.18. The number of aryl methyl sites for hydroxylation is 2. The summed E-state index contributed by atoms with van der Waals surface area (Å²) in [6, 6.07) is 5.48.